The Balaban J connectivity index is 1.23. The highest BCUT2D eigenvalue weighted by Gasteiger charge is 2.59. The highest BCUT2D eigenvalue weighted by atomic mass is 32.1. The number of ether oxygens (including phenoxy) is 1. The van der Waals surface area contributed by atoms with Crippen LogP contribution in [0.1, 0.15) is 44.6 Å². The zero-order valence-electron chi connectivity index (χ0n) is 24.8. The van der Waals surface area contributed by atoms with Crippen LogP contribution in [0.15, 0.2) is 23.0 Å². The van der Waals surface area contributed by atoms with Crippen LogP contribution >= 0.6 is 11.3 Å². The molecule has 4 aromatic rings. The molecule has 7 heterocycles. The summed E-state index contributed by atoms with van der Waals surface area (Å²) in [5, 5.41) is 3.82. The van der Waals surface area contributed by atoms with Gasteiger partial charge in [-0.3, -0.25) is 14.3 Å². The molecular formula is C31H32F4N8O2S. The summed E-state index contributed by atoms with van der Waals surface area (Å²) in [5.74, 6) is -3.30. The van der Waals surface area contributed by atoms with Crippen LogP contribution in [0.2, 0.25) is 0 Å². The van der Waals surface area contributed by atoms with Crippen LogP contribution < -0.4 is 26.2 Å². The monoisotopic (exact) mass is 656 g/mol. The lowest BCUT2D eigenvalue weighted by Gasteiger charge is -2.34. The van der Waals surface area contributed by atoms with Gasteiger partial charge in [0.2, 0.25) is 0 Å². The zero-order chi connectivity index (χ0) is 31.5. The first kappa shape index (κ1) is 28.6. The van der Waals surface area contributed by atoms with E-state index in [1.54, 1.807) is 6.07 Å². The van der Waals surface area contributed by atoms with Crippen molar-refractivity contribution in [3.63, 3.8) is 0 Å². The van der Waals surface area contributed by atoms with Crippen LogP contribution in [0.4, 0.5) is 28.5 Å². The van der Waals surface area contributed by atoms with E-state index in [0.717, 1.165) is 48.1 Å². The van der Waals surface area contributed by atoms with Crippen molar-refractivity contribution in [1.29, 1.82) is 0 Å². The third-order valence-electron chi connectivity index (χ3n) is 10.5. The zero-order valence-corrected chi connectivity index (χ0v) is 25.6. The molecule has 5 fully saturated rings. The highest BCUT2D eigenvalue weighted by molar-refractivity contribution is 7.22. The van der Waals surface area contributed by atoms with E-state index in [0.29, 0.717) is 37.4 Å². The molecule has 5 aliphatic rings. The molecule has 9 rings (SSSR count). The Hall–Kier alpha value is -3.56. The fourth-order valence-corrected chi connectivity index (χ4v) is 9.05. The number of nitrogens with one attached hydrogen (secondary N) is 1. The Morgan fingerprint density at radius 1 is 1.11 bits per heavy atom. The summed E-state index contributed by atoms with van der Waals surface area (Å²) in [6.07, 6.45) is 2.66. The number of rotatable bonds is 6. The molecule has 5 atom stereocenters. The van der Waals surface area contributed by atoms with Gasteiger partial charge in [0.15, 0.2) is 5.13 Å². The summed E-state index contributed by atoms with van der Waals surface area (Å²) in [4.78, 5) is 32.4. The maximum atomic E-state index is 14.8. The van der Waals surface area contributed by atoms with Crippen LogP contribution in [-0.2, 0) is 0 Å². The van der Waals surface area contributed by atoms with Gasteiger partial charge >= 0.3 is 6.01 Å². The van der Waals surface area contributed by atoms with Gasteiger partial charge in [0.1, 0.15) is 35.8 Å². The number of pyridine rings is 1. The molecule has 1 aromatic carbocycles. The Kier molecular flexibility index (Phi) is 6.21. The minimum Gasteiger partial charge on any atom is -0.461 e. The van der Waals surface area contributed by atoms with Crippen molar-refractivity contribution in [3.8, 4) is 17.3 Å². The average Bonchev–Trinajstić information content (AvgIpc) is 3.45. The van der Waals surface area contributed by atoms with Gasteiger partial charge in [0.25, 0.3) is 11.5 Å². The molecule has 0 radical (unpaired) electrons. The maximum Gasteiger partial charge on any atom is 0.319 e. The number of hydrogen-bond donors (Lipinski definition) is 2. The Bertz CT molecular complexity index is 1960. The number of benzene rings is 1. The first-order chi connectivity index (χ1) is 22.1. The second-order valence-electron chi connectivity index (χ2n) is 13.5. The normalized spacial score (nSPS) is 30.0. The number of halogens is 4. The van der Waals surface area contributed by atoms with E-state index >= 15 is 0 Å². The molecule has 2 bridgehead atoms. The lowest BCUT2D eigenvalue weighted by molar-refractivity contribution is 0.100. The van der Waals surface area contributed by atoms with E-state index in [1.807, 2.05) is 4.90 Å². The molecule has 3 N–H and O–H groups in total. The van der Waals surface area contributed by atoms with Gasteiger partial charge in [-0.25, -0.2) is 22.5 Å². The number of hydrogen-bond acceptors (Lipinski definition) is 10. The van der Waals surface area contributed by atoms with E-state index in [-0.39, 0.29) is 56.6 Å². The number of nitrogen functional groups attached to an aromatic ring is 1. The molecule has 4 aliphatic heterocycles. The largest absolute Gasteiger partial charge is 0.461 e. The van der Waals surface area contributed by atoms with Crippen LogP contribution in [-0.4, -0.2) is 86.9 Å². The predicted molar refractivity (Wildman–Crippen MR) is 166 cm³/mol. The van der Waals surface area contributed by atoms with E-state index in [4.69, 9.17) is 15.5 Å². The molecule has 46 heavy (non-hydrogen) atoms. The number of piperazine rings is 1. The van der Waals surface area contributed by atoms with Gasteiger partial charge in [0.05, 0.1) is 27.0 Å². The van der Waals surface area contributed by atoms with Crippen LogP contribution in [0.5, 0.6) is 6.01 Å². The smallest absolute Gasteiger partial charge is 0.319 e. The Morgan fingerprint density at radius 2 is 1.89 bits per heavy atom. The molecule has 15 heteroatoms. The molecule has 1 saturated carbocycles. The number of fused-ring (bicyclic) bond motifs is 5. The molecular weight excluding hydrogens is 624 g/mol. The minimum atomic E-state index is -3.09. The summed E-state index contributed by atoms with van der Waals surface area (Å²) in [6.45, 7) is 2.54. The lowest BCUT2D eigenvalue weighted by atomic mass is 9.95. The van der Waals surface area contributed by atoms with Crippen molar-refractivity contribution in [1.82, 2.24) is 29.7 Å². The van der Waals surface area contributed by atoms with E-state index in [2.05, 4.69) is 20.2 Å². The van der Waals surface area contributed by atoms with Crippen molar-refractivity contribution in [2.24, 2.45) is 0 Å². The van der Waals surface area contributed by atoms with Gasteiger partial charge in [0, 0.05) is 50.1 Å². The van der Waals surface area contributed by atoms with Crippen molar-refractivity contribution < 1.29 is 22.3 Å². The third kappa shape index (κ3) is 4.41. The Morgan fingerprint density at radius 3 is 2.65 bits per heavy atom. The number of nitrogens with two attached hydrogens (primary N) is 1. The van der Waals surface area contributed by atoms with E-state index < -0.39 is 41.5 Å². The highest BCUT2D eigenvalue weighted by Crippen LogP contribution is 2.54. The molecule has 242 valence electrons. The van der Waals surface area contributed by atoms with E-state index in [9.17, 15) is 22.4 Å². The number of anilines is 2. The summed E-state index contributed by atoms with van der Waals surface area (Å²) in [5.41, 5.74) is 5.69. The number of thiazole rings is 1. The molecule has 3 aromatic heterocycles. The Labute approximate surface area is 264 Å². The van der Waals surface area contributed by atoms with Crippen LogP contribution in [0.25, 0.3) is 32.4 Å². The van der Waals surface area contributed by atoms with Gasteiger partial charge in [-0.2, -0.15) is 9.97 Å². The number of alkyl halides is 3. The minimum absolute atomic E-state index is 0.0407. The summed E-state index contributed by atoms with van der Waals surface area (Å²) < 4.78 is 66.4. The molecule has 3 unspecified atom stereocenters. The second-order valence-corrected chi connectivity index (χ2v) is 14.5. The topological polar surface area (TPSA) is 114 Å². The fraction of sp³-hybridized carbons (Fsp3) is 0.548. The summed E-state index contributed by atoms with van der Waals surface area (Å²) in [7, 11) is 0. The summed E-state index contributed by atoms with van der Waals surface area (Å²) in [6, 6.07) is 3.30. The first-order valence-electron chi connectivity index (χ1n) is 15.8. The standard InChI is InChI=1S/C31H32F4N8O2S/c32-15-9-30(6-1-7-42(30)11-15)14-45-29-38-20-8-21(18-4-5-19(33)25-24(18)39-28(36)46-25)43(22-10-31(22,34)35)27(44)23(20)26(40-29)41-12-16-2-3-17(13-41)37-16/h4-5,8,15-17,22,37H,1-3,6-7,9-14H2,(H2,36,39)/t15-,16?,17?,22?,30+/m1/s1. The van der Waals surface area contributed by atoms with Crippen molar-refractivity contribution >= 4 is 43.4 Å². The quantitative estimate of drug-likeness (QED) is 0.294. The fourth-order valence-electron chi connectivity index (χ4n) is 8.29. The van der Waals surface area contributed by atoms with Crippen LogP contribution in [0, 0.1) is 5.82 Å². The lowest BCUT2D eigenvalue weighted by Crippen LogP contribution is -2.51. The van der Waals surface area contributed by atoms with Crippen molar-refractivity contribution in [3.05, 3.63) is 34.4 Å². The maximum absolute atomic E-state index is 14.8. The SMILES string of the molecule is Nc1nc2c(-c3cc4nc(OC[C@@]56CCCN5C[C@H](F)C6)nc(N5CC6CCC(C5)N6)c4c(=O)n3C3CC3(F)F)ccc(F)c2s1. The van der Waals surface area contributed by atoms with Gasteiger partial charge in [-0.1, -0.05) is 11.3 Å². The molecule has 10 nitrogen and oxygen atoms in total. The average molecular weight is 657 g/mol. The predicted octanol–water partition coefficient (Wildman–Crippen LogP) is 4.27. The molecule has 1 aliphatic carbocycles. The number of nitrogens with zero attached hydrogens (tertiary/aromatic N) is 6. The molecule has 0 spiro atoms. The second kappa shape index (κ2) is 9.97. The van der Waals surface area contributed by atoms with Gasteiger partial charge in [-0.15, -0.1) is 0 Å². The van der Waals surface area contributed by atoms with Gasteiger partial charge in [-0.05, 0) is 50.4 Å². The van der Waals surface area contributed by atoms with Crippen molar-refractivity contribution in [2.45, 2.75) is 74.3 Å². The summed E-state index contributed by atoms with van der Waals surface area (Å²) >= 11 is 0.948. The third-order valence-corrected chi connectivity index (χ3v) is 11.4. The van der Waals surface area contributed by atoms with Crippen molar-refractivity contribution in [2.75, 3.05) is 43.4 Å². The van der Waals surface area contributed by atoms with Crippen LogP contribution in [0.3, 0.4) is 0 Å². The number of aromatic nitrogens is 4. The van der Waals surface area contributed by atoms with Gasteiger partial charge < -0.3 is 20.7 Å². The molecule has 0 amide bonds. The van der Waals surface area contributed by atoms with E-state index in [1.165, 1.54) is 12.1 Å². The first-order valence-corrected chi connectivity index (χ1v) is 16.6. The molecule has 4 saturated heterocycles.